The normalized spacial score (nSPS) is 13.6. The zero-order valence-electron chi connectivity index (χ0n) is 14.3. The molecule has 0 saturated heterocycles. The van der Waals surface area contributed by atoms with Crippen molar-refractivity contribution in [2.45, 2.75) is 34.1 Å². The summed E-state index contributed by atoms with van der Waals surface area (Å²) in [4.78, 5) is 24.5. The van der Waals surface area contributed by atoms with Crippen LogP contribution in [0.2, 0.25) is 0 Å². The number of nitrogens with zero attached hydrogens (tertiary/aromatic N) is 1. The van der Waals surface area contributed by atoms with Gasteiger partial charge >= 0.3 is 0 Å². The predicted octanol–water partition coefficient (Wildman–Crippen LogP) is 2.23. The molecule has 2 aromatic rings. The lowest BCUT2D eigenvalue weighted by Gasteiger charge is -2.12. The average Bonchev–Trinajstić information content (AvgIpc) is 2.75. The first-order valence-corrected chi connectivity index (χ1v) is 8.56. The topological polar surface area (TPSA) is 39.1 Å². The molecule has 0 aliphatic rings. The summed E-state index contributed by atoms with van der Waals surface area (Å²) in [7, 11) is 1.71. The molecule has 1 aromatic heterocycles. The van der Waals surface area contributed by atoms with Crippen molar-refractivity contribution in [1.29, 1.82) is 0 Å². The summed E-state index contributed by atoms with van der Waals surface area (Å²) < 4.78 is 2.87. The van der Waals surface area contributed by atoms with Gasteiger partial charge in [0.15, 0.2) is 5.78 Å². The summed E-state index contributed by atoms with van der Waals surface area (Å²) in [5, 5.41) is 0. The number of hydrogen-bond acceptors (Lipinski definition) is 3. The molecular formula is C19H23NO2S. The third-order valence-corrected chi connectivity index (χ3v) is 4.85. The summed E-state index contributed by atoms with van der Waals surface area (Å²) in [6, 6.07) is 8.17. The van der Waals surface area contributed by atoms with Crippen molar-refractivity contribution in [3.8, 4) is 0 Å². The Balaban J connectivity index is 2.51. The van der Waals surface area contributed by atoms with Crippen LogP contribution in [-0.2, 0) is 18.3 Å². The maximum atomic E-state index is 12.4. The summed E-state index contributed by atoms with van der Waals surface area (Å²) in [6.45, 7) is 7.74. The van der Waals surface area contributed by atoms with Crippen LogP contribution in [0.3, 0.4) is 0 Å². The van der Waals surface area contributed by atoms with Crippen molar-refractivity contribution < 1.29 is 4.79 Å². The van der Waals surface area contributed by atoms with E-state index in [-0.39, 0.29) is 11.3 Å². The third kappa shape index (κ3) is 4.08. The molecule has 0 N–H and O–H groups in total. The van der Waals surface area contributed by atoms with Crippen molar-refractivity contribution in [2.24, 2.45) is 12.5 Å². The fourth-order valence-corrected chi connectivity index (χ4v) is 3.07. The molecule has 0 saturated carbocycles. The highest BCUT2D eigenvalue weighted by Gasteiger charge is 2.19. The van der Waals surface area contributed by atoms with E-state index in [0.717, 1.165) is 12.0 Å². The minimum absolute atomic E-state index is 0.0215. The molecule has 0 radical (unpaired) electrons. The van der Waals surface area contributed by atoms with Crippen LogP contribution < -0.4 is 14.8 Å². The second-order valence-electron chi connectivity index (χ2n) is 6.67. The highest BCUT2D eigenvalue weighted by molar-refractivity contribution is 7.07. The zero-order chi connectivity index (χ0) is 17.2. The molecule has 4 heteroatoms. The van der Waals surface area contributed by atoms with Crippen LogP contribution in [0.15, 0.2) is 29.1 Å². The highest BCUT2D eigenvalue weighted by Crippen LogP contribution is 2.14. The van der Waals surface area contributed by atoms with Gasteiger partial charge in [0.05, 0.1) is 4.53 Å². The average molecular weight is 329 g/mol. The van der Waals surface area contributed by atoms with Gasteiger partial charge < -0.3 is 4.57 Å². The van der Waals surface area contributed by atoms with Crippen molar-refractivity contribution in [1.82, 2.24) is 4.57 Å². The first-order valence-electron chi connectivity index (χ1n) is 7.75. The lowest BCUT2D eigenvalue weighted by molar-refractivity contribution is -0.120. The zero-order valence-corrected chi connectivity index (χ0v) is 15.2. The maximum absolute atomic E-state index is 12.4. The fraction of sp³-hybridized carbons (Fsp3) is 0.368. The molecule has 0 aliphatic heterocycles. The molecule has 122 valence electrons. The number of thiazole rings is 1. The highest BCUT2D eigenvalue weighted by atomic mass is 32.1. The molecule has 0 amide bonds. The van der Waals surface area contributed by atoms with E-state index in [1.807, 2.05) is 39.0 Å². The number of aromatic nitrogens is 1. The van der Waals surface area contributed by atoms with Gasteiger partial charge in [-0.2, -0.15) is 0 Å². The quantitative estimate of drug-likeness (QED) is 0.866. The Morgan fingerprint density at radius 2 is 1.83 bits per heavy atom. The Labute approximate surface area is 140 Å². The molecule has 0 spiro atoms. The van der Waals surface area contributed by atoms with Crippen LogP contribution in [0, 0.1) is 5.41 Å². The van der Waals surface area contributed by atoms with Gasteiger partial charge in [0.1, 0.15) is 4.66 Å². The van der Waals surface area contributed by atoms with E-state index in [1.54, 1.807) is 17.7 Å². The molecule has 23 heavy (non-hydrogen) atoms. The standard InChI is InChI=1S/C19H23NO2S/c1-6-13-7-9-14(10-8-13)11-15-18(22)20(5)17(23-15)12-16(21)19(2,3)4/h7-12H,6H2,1-5H3/b15-11+,17-12+. The van der Waals surface area contributed by atoms with Crippen molar-refractivity contribution in [3.05, 3.63) is 54.9 Å². The molecule has 1 heterocycles. The number of Topliss-reactive ketones (excluding diaryl/α,β-unsaturated/α-hetero) is 1. The minimum Gasteiger partial charge on any atom is -0.302 e. The summed E-state index contributed by atoms with van der Waals surface area (Å²) in [6.07, 6.45) is 4.45. The first kappa shape index (κ1) is 17.4. The van der Waals surface area contributed by atoms with Crippen molar-refractivity contribution in [3.63, 3.8) is 0 Å². The Hall–Kier alpha value is -1.94. The van der Waals surface area contributed by atoms with Gasteiger partial charge in [0, 0.05) is 18.5 Å². The van der Waals surface area contributed by atoms with Gasteiger partial charge in [-0.1, -0.05) is 52.0 Å². The molecule has 1 aromatic carbocycles. The van der Waals surface area contributed by atoms with E-state index in [1.165, 1.54) is 16.9 Å². The number of rotatable bonds is 3. The Bertz CT molecular complexity index is 877. The van der Waals surface area contributed by atoms with Gasteiger partial charge in [-0.25, -0.2) is 0 Å². The van der Waals surface area contributed by atoms with Gasteiger partial charge in [-0.05, 0) is 23.6 Å². The third-order valence-electron chi connectivity index (χ3n) is 3.74. The van der Waals surface area contributed by atoms with E-state index >= 15 is 0 Å². The lowest BCUT2D eigenvalue weighted by atomic mass is 9.91. The summed E-state index contributed by atoms with van der Waals surface area (Å²) in [5.41, 5.74) is 1.75. The van der Waals surface area contributed by atoms with Crippen molar-refractivity contribution in [2.75, 3.05) is 0 Å². The predicted molar refractivity (Wildman–Crippen MR) is 97.1 cm³/mol. The smallest absolute Gasteiger partial charge is 0.268 e. The number of ketones is 1. The minimum atomic E-state index is -0.445. The van der Waals surface area contributed by atoms with Crippen LogP contribution >= 0.6 is 11.3 Å². The lowest BCUT2D eigenvalue weighted by Crippen LogP contribution is -2.30. The number of carbonyl (C=O) groups is 1. The van der Waals surface area contributed by atoms with Gasteiger partial charge in [-0.3, -0.25) is 9.59 Å². The molecule has 0 fully saturated rings. The number of benzene rings is 1. The molecule has 0 bridgehead atoms. The number of aryl methyl sites for hydroxylation is 1. The van der Waals surface area contributed by atoms with Crippen LogP contribution in [0.25, 0.3) is 12.2 Å². The van der Waals surface area contributed by atoms with E-state index < -0.39 is 5.41 Å². The Kier molecular flexibility index (Phi) is 5.05. The molecule has 0 aliphatic carbocycles. The Morgan fingerprint density at radius 3 is 2.35 bits per heavy atom. The summed E-state index contributed by atoms with van der Waals surface area (Å²) >= 11 is 1.35. The van der Waals surface area contributed by atoms with E-state index in [4.69, 9.17) is 0 Å². The summed E-state index contributed by atoms with van der Waals surface area (Å²) in [5.74, 6) is 0.0215. The largest absolute Gasteiger partial charge is 0.302 e. The van der Waals surface area contributed by atoms with Crippen LogP contribution in [0.1, 0.15) is 38.8 Å². The van der Waals surface area contributed by atoms with Crippen molar-refractivity contribution >= 4 is 29.3 Å². The maximum Gasteiger partial charge on any atom is 0.268 e. The van der Waals surface area contributed by atoms with Crippen LogP contribution in [0.4, 0.5) is 0 Å². The molecule has 0 unspecified atom stereocenters. The monoisotopic (exact) mass is 329 g/mol. The second-order valence-corrected chi connectivity index (χ2v) is 7.73. The van der Waals surface area contributed by atoms with E-state index in [2.05, 4.69) is 19.1 Å². The fourth-order valence-electron chi connectivity index (χ4n) is 2.04. The molecular weight excluding hydrogens is 306 g/mol. The molecule has 3 nitrogen and oxygen atoms in total. The van der Waals surface area contributed by atoms with E-state index in [9.17, 15) is 9.59 Å². The SMILES string of the molecule is CCc1ccc(/C=c2/s/c(=C/C(=O)C(C)(C)C)n(C)c2=O)cc1. The first-order chi connectivity index (χ1) is 10.7. The second kappa shape index (κ2) is 6.67. The number of carbonyl (C=O) groups excluding carboxylic acids is 1. The number of hydrogen-bond donors (Lipinski definition) is 0. The molecule has 0 atom stereocenters. The van der Waals surface area contributed by atoms with E-state index in [0.29, 0.717) is 9.20 Å². The van der Waals surface area contributed by atoms with Gasteiger partial charge in [-0.15, -0.1) is 11.3 Å². The van der Waals surface area contributed by atoms with Crippen LogP contribution in [-0.4, -0.2) is 10.4 Å². The molecule has 2 rings (SSSR count). The Morgan fingerprint density at radius 1 is 1.22 bits per heavy atom. The van der Waals surface area contributed by atoms with Gasteiger partial charge in [0.2, 0.25) is 0 Å². The van der Waals surface area contributed by atoms with Gasteiger partial charge in [0.25, 0.3) is 5.56 Å². The van der Waals surface area contributed by atoms with Crippen LogP contribution in [0.5, 0.6) is 0 Å².